The van der Waals surface area contributed by atoms with E-state index in [0.29, 0.717) is 46.0 Å². The predicted octanol–water partition coefficient (Wildman–Crippen LogP) is 5.92. The largest absolute Gasteiger partial charge is 0.286 e. The second-order valence-corrected chi connectivity index (χ2v) is 14.4. The third-order valence-corrected chi connectivity index (χ3v) is 10.8. The molecule has 234 valence electrons. The molecule has 0 spiro atoms. The van der Waals surface area contributed by atoms with Crippen molar-refractivity contribution in [2.45, 2.75) is 64.3 Å². The van der Waals surface area contributed by atoms with Gasteiger partial charge in [0.05, 0.1) is 32.7 Å². The molecule has 44 heavy (non-hydrogen) atoms. The van der Waals surface area contributed by atoms with Gasteiger partial charge in [-0.1, -0.05) is 54.3 Å². The van der Waals surface area contributed by atoms with Crippen molar-refractivity contribution in [1.29, 1.82) is 0 Å². The lowest BCUT2D eigenvalue weighted by Crippen LogP contribution is -2.45. The summed E-state index contributed by atoms with van der Waals surface area (Å²) in [6, 6.07) is 9.06. The minimum Gasteiger partial charge on any atom is -0.283 e. The maximum atomic E-state index is 13.9. The van der Waals surface area contributed by atoms with E-state index in [1.54, 1.807) is 22.9 Å². The molecule has 6 rings (SSSR count). The fourth-order valence-electron chi connectivity index (χ4n) is 6.17. The average molecular weight is 676 g/mol. The molecule has 1 N–H and O–H groups in total. The van der Waals surface area contributed by atoms with Crippen LogP contribution in [-0.4, -0.2) is 64.7 Å². The van der Waals surface area contributed by atoms with Crippen molar-refractivity contribution in [2.24, 2.45) is 5.92 Å². The van der Waals surface area contributed by atoms with Crippen LogP contribution in [-0.2, 0) is 17.4 Å². The van der Waals surface area contributed by atoms with Crippen molar-refractivity contribution in [3.05, 3.63) is 56.5 Å². The van der Waals surface area contributed by atoms with Crippen molar-refractivity contribution in [1.82, 2.24) is 29.6 Å². The number of carbonyl (C=O) groups is 1. The number of thiol groups is 1. The van der Waals surface area contributed by atoms with E-state index in [1.807, 2.05) is 22.2 Å². The lowest BCUT2D eigenvalue weighted by atomic mass is 10.1. The Morgan fingerprint density at radius 3 is 2.43 bits per heavy atom. The molecule has 3 aliphatic rings. The Morgan fingerprint density at radius 1 is 1.00 bits per heavy atom. The van der Waals surface area contributed by atoms with Gasteiger partial charge in [0.15, 0.2) is 5.69 Å². The minimum atomic E-state index is -2.97. The summed E-state index contributed by atoms with van der Waals surface area (Å²) >= 11 is 14.5. The van der Waals surface area contributed by atoms with Crippen LogP contribution in [0.4, 0.5) is 0 Å². The molecule has 2 aliphatic heterocycles. The number of piperidine rings is 1. The maximum absolute atomic E-state index is 13.9. The summed E-state index contributed by atoms with van der Waals surface area (Å²) < 4.78 is 28.3. The molecule has 0 bridgehead atoms. The van der Waals surface area contributed by atoms with E-state index < -0.39 is 10.9 Å². The summed E-state index contributed by atoms with van der Waals surface area (Å²) in [5.74, 6) is 6.82. The van der Waals surface area contributed by atoms with Crippen LogP contribution >= 0.6 is 34.5 Å². The Kier molecular flexibility index (Phi) is 10.3. The van der Waals surface area contributed by atoms with Crippen LogP contribution in [0, 0.1) is 17.8 Å². The van der Waals surface area contributed by atoms with E-state index in [-0.39, 0.29) is 18.1 Å². The fourth-order valence-corrected chi connectivity index (χ4v) is 8.23. The van der Waals surface area contributed by atoms with Gasteiger partial charge < -0.3 is 0 Å². The summed E-state index contributed by atoms with van der Waals surface area (Å²) in [4.78, 5) is 15.7. The second-order valence-electron chi connectivity index (χ2n) is 11.5. The van der Waals surface area contributed by atoms with Gasteiger partial charge >= 0.3 is 0 Å². The lowest BCUT2D eigenvalue weighted by Gasteiger charge is -2.27. The molecule has 4 heterocycles. The van der Waals surface area contributed by atoms with Crippen LogP contribution < -0.4 is 5.43 Å². The van der Waals surface area contributed by atoms with E-state index in [4.69, 9.17) is 28.3 Å². The van der Waals surface area contributed by atoms with Crippen LogP contribution in [0.1, 0.15) is 78.7 Å². The molecule has 1 amide bonds. The molecule has 0 radical (unpaired) electrons. The summed E-state index contributed by atoms with van der Waals surface area (Å²) in [5.41, 5.74) is 4.85. The molecule has 0 atom stereocenters. The third kappa shape index (κ3) is 7.18. The van der Waals surface area contributed by atoms with E-state index in [9.17, 15) is 13.2 Å². The Bertz CT molecular complexity index is 1630. The van der Waals surface area contributed by atoms with Crippen molar-refractivity contribution in [3.63, 3.8) is 0 Å². The van der Waals surface area contributed by atoms with Gasteiger partial charge in [-0.05, 0) is 68.9 Å². The van der Waals surface area contributed by atoms with E-state index in [0.717, 1.165) is 67.8 Å². The Hall–Kier alpha value is -2.43. The Balaban J connectivity index is 1.49. The first-order valence-corrected chi connectivity index (χ1v) is 18.0. The number of rotatable bonds is 8. The molecule has 1 saturated carbocycles. The highest BCUT2D eigenvalue weighted by Crippen LogP contribution is 2.38. The number of carbonyl (C=O) groups excluding carboxylic acids is 1. The van der Waals surface area contributed by atoms with Crippen molar-refractivity contribution < 1.29 is 13.2 Å². The number of aromatic nitrogens is 2. The van der Waals surface area contributed by atoms with Crippen LogP contribution in [0.3, 0.4) is 0 Å². The van der Waals surface area contributed by atoms with E-state index >= 15 is 0 Å². The zero-order valence-corrected chi connectivity index (χ0v) is 27.7. The number of amides is 1. The highest BCUT2D eigenvalue weighted by Gasteiger charge is 2.32. The van der Waals surface area contributed by atoms with Gasteiger partial charge in [0.25, 0.3) is 5.91 Å². The van der Waals surface area contributed by atoms with Gasteiger partial charge in [-0.15, -0.1) is 15.8 Å². The first-order valence-electron chi connectivity index (χ1n) is 15.3. The van der Waals surface area contributed by atoms with Gasteiger partial charge in [-0.25, -0.2) is 23.1 Å². The number of benzene rings is 1. The zero-order valence-electron chi connectivity index (χ0n) is 24.4. The Labute approximate surface area is 274 Å². The molecule has 1 aliphatic carbocycles. The molecule has 3 aromatic rings. The minimum absolute atomic E-state index is 0.0387. The fraction of sp³-hybridized carbons (Fsp3) is 0.484. The van der Waals surface area contributed by atoms with Gasteiger partial charge in [0.1, 0.15) is 0 Å². The van der Waals surface area contributed by atoms with E-state index in [2.05, 4.69) is 17.3 Å². The van der Waals surface area contributed by atoms with E-state index in [1.165, 1.54) is 28.6 Å². The quantitative estimate of drug-likeness (QED) is 0.228. The molecule has 2 saturated heterocycles. The summed E-state index contributed by atoms with van der Waals surface area (Å²) in [6.07, 6.45) is 9.62. The molecular formula is C31H36Cl2N6O3S2. The van der Waals surface area contributed by atoms with Crippen LogP contribution in [0.25, 0.3) is 16.3 Å². The SMILES string of the molecule is O=C(NN1CCCCC1)c1nn(-c2ccc(Cl)cc2Cl)c(-c2ccc(C#CC3CCCC3)s2)c1CN(N1CCCC1)[SH](=O)=O. The van der Waals surface area contributed by atoms with Crippen molar-refractivity contribution in [3.8, 4) is 28.1 Å². The number of hydrogen-bond donors (Lipinski definition) is 2. The third-order valence-electron chi connectivity index (χ3n) is 8.44. The van der Waals surface area contributed by atoms with Gasteiger partial charge in [0.2, 0.25) is 10.9 Å². The highest BCUT2D eigenvalue weighted by molar-refractivity contribution is 7.69. The zero-order chi connectivity index (χ0) is 30.6. The number of halogens is 2. The topological polar surface area (TPSA) is 90.8 Å². The summed E-state index contributed by atoms with van der Waals surface area (Å²) in [6.45, 7) is 2.72. The molecule has 2 aromatic heterocycles. The van der Waals surface area contributed by atoms with Gasteiger partial charge in [0, 0.05) is 42.7 Å². The number of nitrogens with one attached hydrogen (secondary N) is 1. The summed E-state index contributed by atoms with van der Waals surface area (Å²) in [7, 11) is -2.97. The highest BCUT2D eigenvalue weighted by atomic mass is 35.5. The van der Waals surface area contributed by atoms with Crippen LogP contribution in [0.15, 0.2) is 30.3 Å². The van der Waals surface area contributed by atoms with Crippen LogP contribution in [0.5, 0.6) is 0 Å². The normalized spacial score (nSPS) is 18.3. The summed E-state index contributed by atoms with van der Waals surface area (Å²) in [5, 5.41) is 9.43. The molecule has 13 heteroatoms. The average Bonchev–Trinajstić information content (AvgIpc) is 3.82. The molecule has 1 aromatic carbocycles. The Morgan fingerprint density at radius 2 is 1.73 bits per heavy atom. The monoisotopic (exact) mass is 674 g/mol. The maximum Gasteiger partial charge on any atom is 0.286 e. The first kappa shape index (κ1) is 31.5. The lowest BCUT2D eigenvalue weighted by molar-refractivity contribution is 0.0729. The number of hydrazine groups is 2. The number of thiophene rings is 1. The second kappa shape index (κ2) is 14.3. The molecular weight excluding hydrogens is 639 g/mol. The number of hydrogen-bond acceptors (Lipinski definition) is 7. The first-order chi connectivity index (χ1) is 21.4. The standard InChI is InChI=1S/C31H36Cl2N6O3S2/c32-23-11-14-27(26(33)20-23)39-30(28-15-13-24(43-28)12-10-22-8-2-3-9-22)25(21-38(44(41)42)37-18-6-7-19-37)29(34-39)31(40)35-36-16-4-1-5-17-36/h11,13-15,20,22,44H,1-9,16-19,21H2,(H,35,40). The van der Waals surface area contributed by atoms with Crippen molar-refractivity contribution >= 4 is 51.3 Å². The molecule has 3 fully saturated rings. The van der Waals surface area contributed by atoms with Crippen LogP contribution in [0.2, 0.25) is 10.0 Å². The smallest absolute Gasteiger partial charge is 0.283 e. The molecule has 9 nitrogen and oxygen atoms in total. The van der Waals surface area contributed by atoms with Gasteiger partial charge in [-0.3, -0.25) is 10.2 Å². The number of nitrogens with zero attached hydrogens (tertiary/aromatic N) is 5. The predicted molar refractivity (Wildman–Crippen MR) is 175 cm³/mol. The van der Waals surface area contributed by atoms with Crippen molar-refractivity contribution in [2.75, 3.05) is 26.2 Å². The molecule has 0 unspecified atom stereocenters. The van der Waals surface area contributed by atoms with Gasteiger partial charge in [-0.2, -0.15) is 5.10 Å².